The van der Waals surface area contributed by atoms with E-state index in [1.807, 2.05) is 6.92 Å². The van der Waals surface area contributed by atoms with Gasteiger partial charge in [0.25, 0.3) is 0 Å². The molecule has 0 aromatic heterocycles. The average molecular weight is 243 g/mol. The smallest absolute Gasteiger partial charge is 0.0805 e. The van der Waals surface area contributed by atoms with Crippen LogP contribution in [0.4, 0.5) is 0 Å². The third-order valence-corrected chi connectivity index (χ3v) is 3.93. The minimum atomic E-state index is -0.0542. The molecule has 0 bridgehead atoms. The Kier molecular flexibility index (Phi) is 7.09. The molecule has 0 heterocycles. The fourth-order valence-corrected chi connectivity index (χ4v) is 2.77. The van der Waals surface area contributed by atoms with Gasteiger partial charge in [-0.05, 0) is 38.5 Å². The van der Waals surface area contributed by atoms with Gasteiger partial charge in [-0.3, -0.25) is 0 Å². The summed E-state index contributed by atoms with van der Waals surface area (Å²) in [5.41, 5.74) is 5.85. The third kappa shape index (κ3) is 4.94. The molecule has 1 aliphatic carbocycles. The van der Waals surface area contributed by atoms with E-state index in [0.717, 1.165) is 25.4 Å². The van der Waals surface area contributed by atoms with Gasteiger partial charge >= 0.3 is 0 Å². The van der Waals surface area contributed by atoms with E-state index in [1.165, 1.54) is 25.7 Å². The molecule has 1 rings (SSSR count). The zero-order chi connectivity index (χ0) is 12.6. The zero-order valence-corrected chi connectivity index (χ0v) is 11.5. The van der Waals surface area contributed by atoms with E-state index in [2.05, 4.69) is 6.92 Å². The van der Waals surface area contributed by atoms with Gasteiger partial charge in [0.1, 0.15) is 0 Å². The largest absolute Gasteiger partial charge is 0.379 e. The molecule has 1 aliphatic rings. The summed E-state index contributed by atoms with van der Waals surface area (Å²) in [4.78, 5) is 0. The van der Waals surface area contributed by atoms with Gasteiger partial charge in [0.2, 0.25) is 0 Å². The average Bonchev–Trinajstić information content (AvgIpc) is 2.37. The van der Waals surface area contributed by atoms with Crippen LogP contribution < -0.4 is 5.73 Å². The van der Waals surface area contributed by atoms with Crippen LogP contribution in [0.15, 0.2) is 0 Å². The molecular formula is C14H29NO2. The lowest BCUT2D eigenvalue weighted by atomic mass is 9.77. The van der Waals surface area contributed by atoms with Gasteiger partial charge in [-0.2, -0.15) is 0 Å². The fourth-order valence-electron chi connectivity index (χ4n) is 2.77. The van der Waals surface area contributed by atoms with Crippen LogP contribution in [0, 0.1) is 5.92 Å². The molecule has 0 saturated heterocycles. The second kappa shape index (κ2) is 8.06. The monoisotopic (exact) mass is 243 g/mol. The molecule has 0 aromatic rings. The molecule has 3 heteroatoms. The highest BCUT2D eigenvalue weighted by molar-refractivity contribution is 4.88. The molecule has 0 aromatic carbocycles. The highest BCUT2D eigenvalue weighted by atomic mass is 16.5. The van der Waals surface area contributed by atoms with Crippen molar-refractivity contribution >= 4 is 0 Å². The van der Waals surface area contributed by atoms with Gasteiger partial charge in [0.05, 0.1) is 18.8 Å². The van der Waals surface area contributed by atoms with Crippen molar-refractivity contribution in [1.29, 1.82) is 0 Å². The lowest BCUT2D eigenvalue weighted by molar-refractivity contribution is -0.0879. The van der Waals surface area contributed by atoms with E-state index in [9.17, 15) is 0 Å². The topological polar surface area (TPSA) is 44.5 Å². The van der Waals surface area contributed by atoms with Crippen LogP contribution in [0.3, 0.4) is 0 Å². The quantitative estimate of drug-likeness (QED) is 0.667. The molecule has 0 atom stereocenters. The second-order valence-corrected chi connectivity index (χ2v) is 5.16. The van der Waals surface area contributed by atoms with Crippen LogP contribution >= 0.6 is 0 Å². The minimum Gasteiger partial charge on any atom is -0.379 e. The van der Waals surface area contributed by atoms with Crippen LogP contribution in [0.25, 0.3) is 0 Å². The first kappa shape index (κ1) is 14.9. The molecule has 0 amide bonds. The first-order valence-electron chi connectivity index (χ1n) is 7.18. The Morgan fingerprint density at radius 1 is 1.18 bits per heavy atom. The number of hydrogen-bond acceptors (Lipinski definition) is 3. The lowest BCUT2D eigenvalue weighted by Gasteiger charge is -2.39. The van der Waals surface area contributed by atoms with Crippen LogP contribution in [0.1, 0.15) is 52.4 Å². The first-order chi connectivity index (χ1) is 8.26. The van der Waals surface area contributed by atoms with Crippen molar-refractivity contribution in [2.24, 2.45) is 11.7 Å². The summed E-state index contributed by atoms with van der Waals surface area (Å²) < 4.78 is 11.3. The van der Waals surface area contributed by atoms with Crippen LogP contribution in [0.5, 0.6) is 0 Å². The molecule has 2 N–H and O–H groups in total. The first-order valence-corrected chi connectivity index (χ1v) is 7.18. The van der Waals surface area contributed by atoms with Gasteiger partial charge in [-0.1, -0.05) is 19.8 Å². The van der Waals surface area contributed by atoms with Crippen molar-refractivity contribution < 1.29 is 9.47 Å². The van der Waals surface area contributed by atoms with Crippen molar-refractivity contribution in [3.63, 3.8) is 0 Å². The maximum absolute atomic E-state index is 6.00. The summed E-state index contributed by atoms with van der Waals surface area (Å²) in [5.74, 6) is 0.898. The Morgan fingerprint density at radius 2 is 1.88 bits per heavy atom. The number of nitrogens with two attached hydrogens (primary N) is 1. The maximum atomic E-state index is 6.00. The molecule has 0 spiro atoms. The van der Waals surface area contributed by atoms with Crippen LogP contribution in [-0.2, 0) is 9.47 Å². The van der Waals surface area contributed by atoms with Crippen LogP contribution in [-0.4, -0.2) is 32.0 Å². The van der Waals surface area contributed by atoms with Gasteiger partial charge in [0.15, 0.2) is 0 Å². The molecule has 0 radical (unpaired) electrons. The maximum Gasteiger partial charge on any atom is 0.0805 e. The van der Waals surface area contributed by atoms with E-state index in [-0.39, 0.29) is 5.60 Å². The molecular weight excluding hydrogens is 214 g/mol. The molecule has 0 unspecified atom stereocenters. The van der Waals surface area contributed by atoms with Crippen LogP contribution in [0.2, 0.25) is 0 Å². The van der Waals surface area contributed by atoms with Crippen molar-refractivity contribution in [3.05, 3.63) is 0 Å². The Balaban J connectivity index is 2.28. The summed E-state index contributed by atoms with van der Waals surface area (Å²) in [6.45, 7) is 7.06. The van der Waals surface area contributed by atoms with Crippen molar-refractivity contribution in [3.8, 4) is 0 Å². The fraction of sp³-hybridized carbons (Fsp3) is 1.00. The Morgan fingerprint density at radius 3 is 2.41 bits per heavy atom. The van der Waals surface area contributed by atoms with E-state index in [1.54, 1.807) is 0 Å². The Bertz CT molecular complexity index is 183. The van der Waals surface area contributed by atoms with Crippen molar-refractivity contribution in [1.82, 2.24) is 0 Å². The normalized spacial score (nSPS) is 29.5. The standard InChI is InChI=1S/C14H29NO2/c1-3-5-13-6-8-14(12-15,9-7-13)17-11-10-16-4-2/h13H,3-12,15H2,1-2H3. The summed E-state index contributed by atoms with van der Waals surface area (Å²) in [5, 5.41) is 0. The molecule has 1 fully saturated rings. The van der Waals surface area contributed by atoms with Gasteiger partial charge in [-0.15, -0.1) is 0 Å². The Labute approximate surface area is 106 Å². The summed E-state index contributed by atoms with van der Waals surface area (Å²) in [6.07, 6.45) is 7.46. The van der Waals surface area contributed by atoms with E-state index < -0.39 is 0 Å². The highest BCUT2D eigenvalue weighted by Crippen LogP contribution is 2.36. The van der Waals surface area contributed by atoms with Gasteiger partial charge in [-0.25, -0.2) is 0 Å². The molecule has 17 heavy (non-hydrogen) atoms. The van der Waals surface area contributed by atoms with Gasteiger partial charge < -0.3 is 15.2 Å². The third-order valence-electron chi connectivity index (χ3n) is 3.93. The SMILES string of the molecule is CCCC1CCC(CN)(OCCOCC)CC1. The number of hydrogen-bond donors (Lipinski definition) is 1. The Hall–Kier alpha value is -0.120. The van der Waals surface area contributed by atoms with E-state index in [0.29, 0.717) is 19.8 Å². The molecule has 1 saturated carbocycles. The zero-order valence-electron chi connectivity index (χ0n) is 11.5. The van der Waals surface area contributed by atoms with E-state index >= 15 is 0 Å². The van der Waals surface area contributed by atoms with Crippen molar-refractivity contribution in [2.45, 2.75) is 58.0 Å². The summed E-state index contributed by atoms with van der Waals surface area (Å²) >= 11 is 0. The summed E-state index contributed by atoms with van der Waals surface area (Å²) in [6, 6.07) is 0. The predicted molar refractivity (Wildman–Crippen MR) is 71.1 cm³/mol. The van der Waals surface area contributed by atoms with E-state index in [4.69, 9.17) is 15.2 Å². The highest BCUT2D eigenvalue weighted by Gasteiger charge is 2.34. The van der Waals surface area contributed by atoms with Crippen molar-refractivity contribution in [2.75, 3.05) is 26.4 Å². The molecule has 3 nitrogen and oxygen atoms in total. The molecule has 0 aliphatic heterocycles. The molecule has 102 valence electrons. The second-order valence-electron chi connectivity index (χ2n) is 5.16. The predicted octanol–water partition coefficient (Wildman–Crippen LogP) is 2.73. The number of rotatable bonds is 8. The number of ether oxygens (including phenoxy) is 2. The lowest BCUT2D eigenvalue weighted by Crippen LogP contribution is -2.44. The summed E-state index contributed by atoms with van der Waals surface area (Å²) in [7, 11) is 0. The minimum absolute atomic E-state index is 0.0542. The van der Waals surface area contributed by atoms with Gasteiger partial charge in [0, 0.05) is 13.2 Å².